The molecule has 4 heterocycles. The zero-order chi connectivity index (χ0) is 16.4. The summed E-state index contributed by atoms with van der Waals surface area (Å²) in [4.78, 5) is 30.6. The molecule has 1 saturated heterocycles. The highest BCUT2D eigenvalue weighted by molar-refractivity contribution is 5.47. The average molecular weight is 327 g/mol. The molecule has 1 atom stereocenters. The van der Waals surface area contributed by atoms with E-state index < -0.39 is 0 Å². The maximum absolute atomic E-state index is 12.5. The van der Waals surface area contributed by atoms with Crippen molar-refractivity contribution in [3.8, 4) is 11.5 Å². The van der Waals surface area contributed by atoms with Gasteiger partial charge in [-0.1, -0.05) is 0 Å². The van der Waals surface area contributed by atoms with E-state index in [4.69, 9.17) is 4.74 Å². The molecule has 0 aliphatic carbocycles. The third-order valence-corrected chi connectivity index (χ3v) is 4.74. The smallest absolute Gasteiger partial charge is 0.254 e. The Morgan fingerprint density at radius 3 is 3.00 bits per heavy atom. The lowest BCUT2D eigenvalue weighted by molar-refractivity contribution is 0.0745. The summed E-state index contributed by atoms with van der Waals surface area (Å²) in [6, 6.07) is 0. The predicted molar refractivity (Wildman–Crippen MR) is 88.7 cm³/mol. The van der Waals surface area contributed by atoms with Crippen molar-refractivity contribution in [2.75, 3.05) is 26.2 Å². The van der Waals surface area contributed by atoms with Crippen molar-refractivity contribution in [3.63, 3.8) is 0 Å². The molecular formula is C17H21N5O2. The maximum atomic E-state index is 12.5. The first-order valence-corrected chi connectivity index (χ1v) is 8.52. The number of hydrogen-bond acceptors (Lipinski definition) is 6. The van der Waals surface area contributed by atoms with Crippen LogP contribution in [0.3, 0.4) is 0 Å². The summed E-state index contributed by atoms with van der Waals surface area (Å²) in [6.07, 6.45) is 8.96. The molecule has 0 bridgehead atoms. The Bertz CT molecular complexity index is 755. The SMILES string of the molecule is O=c1[nH]c(-c2cnccn2)nc2c1CCN(CC1CCCO1)CC2. The van der Waals surface area contributed by atoms with Crippen LogP contribution in [-0.2, 0) is 17.6 Å². The number of rotatable bonds is 3. The van der Waals surface area contributed by atoms with E-state index in [1.807, 2.05) is 0 Å². The van der Waals surface area contributed by atoms with Gasteiger partial charge in [-0.25, -0.2) is 9.97 Å². The Hall–Kier alpha value is -2.12. The highest BCUT2D eigenvalue weighted by Gasteiger charge is 2.23. The van der Waals surface area contributed by atoms with E-state index in [9.17, 15) is 4.79 Å². The number of aromatic amines is 1. The third kappa shape index (κ3) is 3.22. The lowest BCUT2D eigenvalue weighted by Gasteiger charge is -2.22. The molecule has 1 fully saturated rings. The number of ether oxygens (including phenoxy) is 1. The summed E-state index contributed by atoms with van der Waals surface area (Å²) in [7, 11) is 0. The molecule has 0 saturated carbocycles. The molecule has 2 aliphatic rings. The second-order valence-electron chi connectivity index (χ2n) is 6.37. The van der Waals surface area contributed by atoms with Crippen molar-refractivity contribution in [1.29, 1.82) is 0 Å². The van der Waals surface area contributed by atoms with Crippen LogP contribution in [0.5, 0.6) is 0 Å². The van der Waals surface area contributed by atoms with E-state index in [0.717, 1.165) is 63.2 Å². The summed E-state index contributed by atoms with van der Waals surface area (Å²) < 4.78 is 5.73. The fourth-order valence-corrected chi connectivity index (χ4v) is 3.46. The molecule has 7 nitrogen and oxygen atoms in total. The highest BCUT2D eigenvalue weighted by Crippen LogP contribution is 2.17. The Morgan fingerprint density at radius 1 is 1.29 bits per heavy atom. The van der Waals surface area contributed by atoms with Crippen molar-refractivity contribution in [3.05, 3.63) is 40.2 Å². The van der Waals surface area contributed by atoms with Crippen LogP contribution in [-0.4, -0.2) is 57.2 Å². The van der Waals surface area contributed by atoms with Crippen molar-refractivity contribution < 1.29 is 4.74 Å². The van der Waals surface area contributed by atoms with Gasteiger partial charge in [-0.05, 0) is 19.3 Å². The van der Waals surface area contributed by atoms with Gasteiger partial charge in [-0.3, -0.25) is 9.78 Å². The number of hydrogen-bond donors (Lipinski definition) is 1. The van der Waals surface area contributed by atoms with E-state index >= 15 is 0 Å². The molecule has 0 spiro atoms. The molecule has 7 heteroatoms. The molecule has 126 valence electrons. The van der Waals surface area contributed by atoms with Gasteiger partial charge in [0.1, 0.15) is 5.69 Å². The molecular weight excluding hydrogens is 306 g/mol. The number of H-pyrrole nitrogens is 1. The first kappa shape index (κ1) is 15.4. The normalized spacial score (nSPS) is 21.4. The van der Waals surface area contributed by atoms with Crippen LogP contribution < -0.4 is 5.56 Å². The monoisotopic (exact) mass is 327 g/mol. The molecule has 1 N–H and O–H groups in total. The van der Waals surface area contributed by atoms with Gasteiger partial charge in [0.25, 0.3) is 5.56 Å². The Balaban J connectivity index is 1.54. The Kier molecular flexibility index (Phi) is 4.36. The van der Waals surface area contributed by atoms with Gasteiger partial charge in [0.2, 0.25) is 0 Å². The lowest BCUT2D eigenvalue weighted by Crippen LogP contribution is -2.34. The third-order valence-electron chi connectivity index (χ3n) is 4.74. The molecule has 2 aromatic rings. The van der Waals surface area contributed by atoms with E-state index in [-0.39, 0.29) is 5.56 Å². The summed E-state index contributed by atoms with van der Waals surface area (Å²) in [5.41, 5.74) is 2.23. The molecule has 2 aromatic heterocycles. The van der Waals surface area contributed by atoms with Gasteiger partial charge in [0.15, 0.2) is 5.82 Å². The van der Waals surface area contributed by atoms with Crippen LogP contribution in [0.1, 0.15) is 24.1 Å². The van der Waals surface area contributed by atoms with Gasteiger partial charge in [0, 0.05) is 50.6 Å². The minimum Gasteiger partial charge on any atom is -0.377 e. The zero-order valence-electron chi connectivity index (χ0n) is 13.6. The average Bonchev–Trinajstić information content (AvgIpc) is 3.03. The Labute approximate surface area is 140 Å². The predicted octanol–water partition coefficient (Wildman–Crippen LogP) is 0.806. The first-order valence-electron chi connectivity index (χ1n) is 8.52. The molecule has 1 unspecified atom stereocenters. The molecule has 24 heavy (non-hydrogen) atoms. The Morgan fingerprint density at radius 2 is 2.21 bits per heavy atom. The largest absolute Gasteiger partial charge is 0.377 e. The maximum Gasteiger partial charge on any atom is 0.254 e. The van der Waals surface area contributed by atoms with Crippen LogP contribution in [0, 0.1) is 0 Å². The topological polar surface area (TPSA) is 84.0 Å². The van der Waals surface area contributed by atoms with Crippen LogP contribution in [0.4, 0.5) is 0 Å². The molecule has 2 aliphatic heterocycles. The van der Waals surface area contributed by atoms with Crippen molar-refractivity contribution in [1.82, 2.24) is 24.8 Å². The molecule has 0 amide bonds. The summed E-state index contributed by atoms with van der Waals surface area (Å²) in [5.74, 6) is 0.499. The number of fused-ring (bicyclic) bond motifs is 1. The van der Waals surface area contributed by atoms with Crippen LogP contribution in [0.2, 0.25) is 0 Å². The molecule has 4 rings (SSSR count). The fraction of sp³-hybridized carbons (Fsp3) is 0.529. The van der Waals surface area contributed by atoms with Crippen LogP contribution in [0.25, 0.3) is 11.5 Å². The van der Waals surface area contributed by atoms with Gasteiger partial charge < -0.3 is 14.6 Å². The van der Waals surface area contributed by atoms with Gasteiger partial charge in [-0.2, -0.15) is 0 Å². The van der Waals surface area contributed by atoms with Gasteiger partial charge in [0.05, 0.1) is 18.0 Å². The van der Waals surface area contributed by atoms with Crippen LogP contribution >= 0.6 is 0 Å². The highest BCUT2D eigenvalue weighted by atomic mass is 16.5. The van der Waals surface area contributed by atoms with Crippen LogP contribution in [0.15, 0.2) is 23.4 Å². The van der Waals surface area contributed by atoms with Crippen molar-refractivity contribution in [2.45, 2.75) is 31.8 Å². The fourth-order valence-electron chi connectivity index (χ4n) is 3.46. The zero-order valence-corrected chi connectivity index (χ0v) is 13.6. The van der Waals surface area contributed by atoms with Crippen molar-refractivity contribution in [2.24, 2.45) is 0 Å². The summed E-state index contributed by atoms with van der Waals surface area (Å²) in [5, 5.41) is 0. The summed E-state index contributed by atoms with van der Waals surface area (Å²) >= 11 is 0. The van der Waals surface area contributed by atoms with E-state index in [1.54, 1.807) is 18.6 Å². The van der Waals surface area contributed by atoms with E-state index in [0.29, 0.717) is 17.6 Å². The standard InChI is InChI=1S/C17H21N5O2/c23-17-13-3-7-22(11-12-2-1-9-24-12)8-4-14(13)20-16(21-17)15-10-18-5-6-19-15/h5-6,10,12H,1-4,7-9,11H2,(H,20,21,23). The minimum atomic E-state index is -0.0559. The van der Waals surface area contributed by atoms with E-state index in [2.05, 4.69) is 24.8 Å². The van der Waals surface area contributed by atoms with Gasteiger partial charge >= 0.3 is 0 Å². The second kappa shape index (κ2) is 6.78. The first-order chi connectivity index (χ1) is 11.8. The quantitative estimate of drug-likeness (QED) is 0.898. The lowest BCUT2D eigenvalue weighted by atomic mass is 10.1. The number of aromatic nitrogens is 4. The van der Waals surface area contributed by atoms with E-state index in [1.165, 1.54) is 0 Å². The van der Waals surface area contributed by atoms with Gasteiger partial charge in [-0.15, -0.1) is 0 Å². The summed E-state index contributed by atoms with van der Waals surface area (Å²) in [6.45, 7) is 3.61. The second-order valence-corrected chi connectivity index (χ2v) is 6.37. The molecule has 0 aromatic carbocycles. The number of nitrogens with one attached hydrogen (secondary N) is 1. The number of nitrogens with zero attached hydrogens (tertiary/aromatic N) is 4. The minimum absolute atomic E-state index is 0.0559. The molecule has 0 radical (unpaired) electrons. The van der Waals surface area contributed by atoms with Crippen molar-refractivity contribution >= 4 is 0 Å².